The summed E-state index contributed by atoms with van der Waals surface area (Å²) in [5.74, 6) is -4.53. The largest absolute Gasteiger partial charge is 0.479 e. The number of alkyl halides is 4. The maximum atomic E-state index is 14.8. The van der Waals surface area contributed by atoms with Gasteiger partial charge in [-0.1, -0.05) is 5.21 Å². The summed E-state index contributed by atoms with van der Waals surface area (Å²) in [6.45, 7) is -0.0891. The molecule has 5 rings (SSSR count). The van der Waals surface area contributed by atoms with E-state index in [0.717, 1.165) is 9.58 Å². The second kappa shape index (κ2) is 9.12. The van der Waals surface area contributed by atoms with Crippen molar-refractivity contribution in [1.29, 1.82) is 0 Å². The Balaban J connectivity index is 1.51. The Morgan fingerprint density at radius 1 is 1.32 bits per heavy atom. The molecule has 1 atom stereocenters. The van der Waals surface area contributed by atoms with Crippen LogP contribution in [-0.2, 0) is 11.3 Å². The molecule has 1 aliphatic rings. The quantitative estimate of drug-likeness (QED) is 0.387. The van der Waals surface area contributed by atoms with Gasteiger partial charge in [0.2, 0.25) is 17.7 Å². The Morgan fingerprint density at radius 3 is 2.78 bits per heavy atom. The number of carbonyl (C=O) groups excluding carboxylic acids is 1. The minimum atomic E-state index is -3.22. The first-order valence-electron chi connectivity index (χ1n) is 11.2. The van der Waals surface area contributed by atoms with E-state index in [1.807, 2.05) is 0 Å². The molecule has 1 aromatic carbocycles. The summed E-state index contributed by atoms with van der Waals surface area (Å²) in [5, 5.41) is 14.1. The van der Waals surface area contributed by atoms with E-state index in [1.165, 1.54) is 36.9 Å². The van der Waals surface area contributed by atoms with Crippen molar-refractivity contribution in [2.24, 2.45) is 0 Å². The van der Waals surface area contributed by atoms with Crippen molar-refractivity contribution in [2.75, 3.05) is 25.5 Å². The van der Waals surface area contributed by atoms with Crippen LogP contribution in [0.3, 0.4) is 0 Å². The van der Waals surface area contributed by atoms with Crippen LogP contribution in [0.2, 0.25) is 0 Å². The maximum Gasteiger partial charge on any atom is 0.285 e. The summed E-state index contributed by atoms with van der Waals surface area (Å²) in [6.07, 6.45) is -1.23. The SMILES string of the molecule is COc1nc(NC2CCN(C(C)=O)CC2(F)F)nn2ccc(-c3cc(F)c4nnn(CC(F)F)c4c3)c12. The van der Waals surface area contributed by atoms with Crippen molar-refractivity contribution in [3.05, 3.63) is 30.2 Å². The molecule has 3 aromatic heterocycles. The van der Waals surface area contributed by atoms with Crippen LogP contribution < -0.4 is 10.1 Å². The summed E-state index contributed by atoms with van der Waals surface area (Å²) in [7, 11) is 1.33. The van der Waals surface area contributed by atoms with Crippen LogP contribution in [0.1, 0.15) is 13.3 Å². The van der Waals surface area contributed by atoms with Crippen molar-refractivity contribution in [3.63, 3.8) is 0 Å². The maximum absolute atomic E-state index is 14.8. The van der Waals surface area contributed by atoms with Gasteiger partial charge < -0.3 is 15.0 Å². The first-order valence-corrected chi connectivity index (χ1v) is 11.2. The molecule has 0 aliphatic carbocycles. The van der Waals surface area contributed by atoms with Gasteiger partial charge in [-0.25, -0.2) is 31.1 Å². The van der Waals surface area contributed by atoms with Gasteiger partial charge in [-0.05, 0) is 30.2 Å². The van der Waals surface area contributed by atoms with Crippen LogP contribution in [-0.4, -0.2) is 79.0 Å². The number of hydrogen-bond donors (Lipinski definition) is 1. The zero-order valence-electron chi connectivity index (χ0n) is 19.6. The molecule has 0 spiro atoms. The highest BCUT2D eigenvalue weighted by Crippen LogP contribution is 2.35. The third kappa shape index (κ3) is 4.49. The van der Waals surface area contributed by atoms with Crippen molar-refractivity contribution in [3.8, 4) is 17.0 Å². The average molecular weight is 524 g/mol. The van der Waals surface area contributed by atoms with Gasteiger partial charge >= 0.3 is 0 Å². The molecule has 10 nitrogen and oxygen atoms in total. The van der Waals surface area contributed by atoms with E-state index in [9.17, 15) is 26.7 Å². The van der Waals surface area contributed by atoms with Gasteiger partial charge in [0, 0.05) is 25.2 Å². The van der Waals surface area contributed by atoms with Crippen LogP contribution in [0, 0.1) is 5.82 Å². The number of methoxy groups -OCH3 is 1. The third-order valence-corrected chi connectivity index (χ3v) is 6.22. The molecule has 1 saturated heterocycles. The predicted molar refractivity (Wildman–Crippen MR) is 121 cm³/mol. The van der Waals surface area contributed by atoms with Crippen molar-refractivity contribution in [1.82, 2.24) is 34.5 Å². The summed E-state index contributed by atoms with van der Waals surface area (Å²) < 4.78 is 77.6. The Bertz CT molecular complexity index is 1490. The standard InChI is InChI=1S/C22H21F5N8O2/c1-11(36)33-5-4-16(22(26,27)10-33)28-21-29-20(37-2)19-13(3-6-34(19)31-21)12-7-14(23)18-15(8-12)35(32-30-18)9-17(24)25/h3,6-8,16-17H,4-5,9-10H2,1-2H3,(H,28,31). The van der Waals surface area contributed by atoms with E-state index in [0.29, 0.717) is 16.6 Å². The van der Waals surface area contributed by atoms with Crippen LogP contribution in [0.25, 0.3) is 27.7 Å². The number of piperidine rings is 1. The molecule has 1 N–H and O–H groups in total. The molecule has 0 saturated carbocycles. The Hall–Kier alpha value is -4.04. The molecule has 15 heteroatoms. The summed E-state index contributed by atoms with van der Waals surface area (Å²) in [5.41, 5.74) is 0.939. The van der Waals surface area contributed by atoms with E-state index in [1.54, 1.807) is 6.07 Å². The molecule has 4 aromatic rings. The molecular weight excluding hydrogens is 503 g/mol. The third-order valence-electron chi connectivity index (χ3n) is 6.22. The molecule has 0 radical (unpaired) electrons. The second-order valence-corrected chi connectivity index (χ2v) is 8.64. The molecule has 37 heavy (non-hydrogen) atoms. The van der Waals surface area contributed by atoms with Crippen molar-refractivity contribution in [2.45, 2.75) is 38.3 Å². The fraction of sp³-hybridized carbons (Fsp3) is 0.409. The van der Waals surface area contributed by atoms with E-state index in [4.69, 9.17) is 4.74 Å². The number of nitrogens with zero attached hydrogens (tertiary/aromatic N) is 7. The van der Waals surface area contributed by atoms with E-state index < -0.39 is 43.2 Å². The number of amides is 1. The average Bonchev–Trinajstić information content (AvgIpc) is 3.44. The van der Waals surface area contributed by atoms with Gasteiger partial charge in [0.15, 0.2) is 5.82 Å². The summed E-state index contributed by atoms with van der Waals surface area (Å²) >= 11 is 0. The minimum Gasteiger partial charge on any atom is -0.479 e. The second-order valence-electron chi connectivity index (χ2n) is 8.64. The lowest BCUT2D eigenvalue weighted by Gasteiger charge is -2.38. The predicted octanol–water partition coefficient (Wildman–Crippen LogP) is 3.22. The lowest BCUT2D eigenvalue weighted by molar-refractivity contribution is -0.140. The monoisotopic (exact) mass is 524 g/mol. The molecule has 196 valence electrons. The molecular formula is C22H21F5N8O2. The lowest BCUT2D eigenvalue weighted by Crippen LogP contribution is -2.55. The molecule has 1 amide bonds. The molecule has 0 bridgehead atoms. The fourth-order valence-electron chi connectivity index (χ4n) is 4.42. The number of anilines is 1. The van der Waals surface area contributed by atoms with E-state index in [-0.39, 0.29) is 35.8 Å². The van der Waals surface area contributed by atoms with Crippen LogP contribution in [0.15, 0.2) is 24.4 Å². The number of carbonyl (C=O) groups is 1. The van der Waals surface area contributed by atoms with E-state index >= 15 is 0 Å². The number of halogens is 5. The van der Waals surface area contributed by atoms with Crippen molar-refractivity contribution >= 4 is 28.4 Å². The highest BCUT2D eigenvalue weighted by atomic mass is 19.3. The minimum absolute atomic E-state index is 0.0155. The van der Waals surface area contributed by atoms with Gasteiger partial charge in [0.1, 0.15) is 17.6 Å². The number of nitrogens with one attached hydrogen (secondary N) is 1. The van der Waals surface area contributed by atoms with E-state index in [2.05, 4.69) is 25.7 Å². The summed E-state index contributed by atoms with van der Waals surface area (Å²) in [4.78, 5) is 16.8. The fourth-order valence-corrected chi connectivity index (χ4v) is 4.42. The van der Waals surface area contributed by atoms with Gasteiger partial charge in [-0.15, -0.1) is 10.2 Å². The normalized spacial score (nSPS) is 17.6. The number of benzene rings is 1. The van der Waals surface area contributed by atoms with Gasteiger partial charge in [-0.2, -0.15) is 4.98 Å². The number of hydrogen-bond acceptors (Lipinski definition) is 7. The molecule has 1 unspecified atom stereocenters. The number of aromatic nitrogens is 6. The lowest BCUT2D eigenvalue weighted by atomic mass is 10.0. The molecule has 4 heterocycles. The van der Waals surface area contributed by atoms with Gasteiger partial charge in [0.25, 0.3) is 12.3 Å². The Kier molecular flexibility index (Phi) is 6.07. The zero-order valence-corrected chi connectivity index (χ0v) is 19.6. The zero-order chi connectivity index (χ0) is 26.5. The van der Waals surface area contributed by atoms with Crippen LogP contribution in [0.5, 0.6) is 5.88 Å². The first-order chi connectivity index (χ1) is 17.6. The number of ether oxygens (including phenoxy) is 1. The van der Waals surface area contributed by atoms with Crippen LogP contribution >= 0.6 is 0 Å². The Labute approximate surface area is 206 Å². The topological polar surface area (TPSA) is 102 Å². The molecule has 1 fully saturated rings. The number of fused-ring (bicyclic) bond motifs is 2. The van der Waals surface area contributed by atoms with Gasteiger partial charge in [0.05, 0.1) is 25.2 Å². The highest BCUT2D eigenvalue weighted by molar-refractivity contribution is 5.89. The smallest absolute Gasteiger partial charge is 0.285 e. The number of rotatable bonds is 6. The van der Waals surface area contributed by atoms with Gasteiger partial charge in [-0.3, -0.25) is 4.79 Å². The number of likely N-dealkylation sites (tertiary alicyclic amines) is 1. The Morgan fingerprint density at radius 2 is 2.11 bits per heavy atom. The summed E-state index contributed by atoms with van der Waals surface area (Å²) in [6, 6.07) is 2.90. The highest BCUT2D eigenvalue weighted by Gasteiger charge is 2.45. The van der Waals surface area contributed by atoms with Crippen molar-refractivity contribution < 1.29 is 31.5 Å². The first kappa shape index (κ1) is 24.6. The molecule has 1 aliphatic heterocycles. The van der Waals surface area contributed by atoms with Crippen LogP contribution in [0.4, 0.5) is 27.9 Å².